The van der Waals surface area contributed by atoms with E-state index in [-0.39, 0.29) is 18.2 Å². The molecule has 0 aliphatic heterocycles. The number of hydrogen-bond acceptors (Lipinski definition) is 3. The number of ether oxygens (including phenoxy) is 1. The fourth-order valence-electron chi connectivity index (χ4n) is 5.72. The van der Waals surface area contributed by atoms with Crippen LogP contribution in [0.15, 0.2) is 18.2 Å². The van der Waals surface area contributed by atoms with E-state index >= 15 is 0 Å². The van der Waals surface area contributed by atoms with Gasteiger partial charge in [0.15, 0.2) is 0 Å². The van der Waals surface area contributed by atoms with Crippen LogP contribution >= 0.6 is 0 Å². The summed E-state index contributed by atoms with van der Waals surface area (Å²) in [4.78, 5) is 0. The molecule has 5 unspecified atom stereocenters. The van der Waals surface area contributed by atoms with Crippen LogP contribution in [0.1, 0.15) is 56.1 Å². The van der Waals surface area contributed by atoms with E-state index in [9.17, 15) is 5.11 Å². The maximum Gasteiger partial charge on any atom is 0.137 e. The van der Waals surface area contributed by atoms with E-state index in [0.29, 0.717) is 11.8 Å². The Balaban J connectivity index is 1.64. The van der Waals surface area contributed by atoms with E-state index in [1.807, 2.05) is 0 Å². The van der Waals surface area contributed by atoms with Crippen molar-refractivity contribution >= 4 is 0 Å². The van der Waals surface area contributed by atoms with E-state index in [1.165, 1.54) is 36.8 Å². The molecular formula is C19H27NO2. The summed E-state index contributed by atoms with van der Waals surface area (Å²) in [5.74, 6) is 3.04. The second kappa shape index (κ2) is 5.24. The molecule has 120 valence electrons. The Labute approximate surface area is 132 Å². The highest BCUT2D eigenvalue weighted by Gasteiger charge is 2.54. The second-order valence-corrected chi connectivity index (χ2v) is 7.72. The van der Waals surface area contributed by atoms with Crippen molar-refractivity contribution in [1.82, 2.24) is 0 Å². The van der Waals surface area contributed by atoms with Crippen LogP contribution in [0.2, 0.25) is 0 Å². The highest BCUT2D eigenvalue weighted by molar-refractivity contribution is 5.40. The van der Waals surface area contributed by atoms with Crippen molar-refractivity contribution in [2.75, 3.05) is 6.73 Å². The fraction of sp³-hybridized carbons (Fsp3) is 0.684. The van der Waals surface area contributed by atoms with Crippen molar-refractivity contribution in [2.24, 2.45) is 23.0 Å². The topological polar surface area (TPSA) is 55.5 Å². The van der Waals surface area contributed by atoms with Gasteiger partial charge in [0.2, 0.25) is 0 Å². The first-order chi connectivity index (χ1) is 10.6. The van der Waals surface area contributed by atoms with E-state index < -0.39 is 0 Å². The minimum atomic E-state index is -0.0832. The van der Waals surface area contributed by atoms with Crippen LogP contribution in [0, 0.1) is 17.3 Å². The Morgan fingerprint density at radius 3 is 2.95 bits per heavy atom. The molecule has 1 aromatic rings. The summed E-state index contributed by atoms with van der Waals surface area (Å²) in [7, 11) is 0. The SMILES string of the molecule is CC12CCC3c4ccc(OCN)cc4CCC3C1CCC2O. The molecule has 0 aromatic heterocycles. The summed E-state index contributed by atoms with van der Waals surface area (Å²) in [5.41, 5.74) is 8.64. The van der Waals surface area contributed by atoms with Crippen molar-refractivity contribution in [3.05, 3.63) is 29.3 Å². The lowest BCUT2D eigenvalue weighted by Crippen LogP contribution is -2.43. The third-order valence-electron chi connectivity index (χ3n) is 6.90. The highest BCUT2D eigenvalue weighted by atomic mass is 16.5. The van der Waals surface area contributed by atoms with Gasteiger partial charge in [0.1, 0.15) is 12.5 Å². The molecule has 0 heterocycles. The largest absolute Gasteiger partial charge is 0.479 e. The van der Waals surface area contributed by atoms with E-state index in [0.717, 1.165) is 24.5 Å². The number of rotatable bonds is 2. The van der Waals surface area contributed by atoms with Gasteiger partial charge in [-0.3, -0.25) is 5.73 Å². The second-order valence-electron chi connectivity index (χ2n) is 7.72. The maximum absolute atomic E-state index is 10.4. The van der Waals surface area contributed by atoms with Crippen molar-refractivity contribution in [3.63, 3.8) is 0 Å². The summed E-state index contributed by atoms with van der Waals surface area (Å²) >= 11 is 0. The van der Waals surface area contributed by atoms with Crippen LogP contribution in [0.3, 0.4) is 0 Å². The summed E-state index contributed by atoms with van der Waals surface area (Å²) in [5, 5.41) is 10.4. The van der Waals surface area contributed by atoms with Crippen LogP contribution in [-0.4, -0.2) is 17.9 Å². The average Bonchev–Trinajstić information content (AvgIpc) is 2.83. The Hall–Kier alpha value is -1.06. The van der Waals surface area contributed by atoms with Gasteiger partial charge in [0, 0.05) is 0 Å². The third kappa shape index (κ3) is 2.02. The Morgan fingerprint density at radius 1 is 1.27 bits per heavy atom. The maximum atomic E-state index is 10.4. The number of benzene rings is 1. The molecule has 22 heavy (non-hydrogen) atoms. The number of aryl methyl sites for hydroxylation is 1. The normalized spacial score (nSPS) is 39.8. The fourth-order valence-corrected chi connectivity index (χ4v) is 5.72. The molecule has 3 aliphatic carbocycles. The lowest BCUT2D eigenvalue weighted by Gasteiger charge is -2.50. The van der Waals surface area contributed by atoms with Gasteiger partial charge in [0.05, 0.1) is 6.10 Å². The summed E-state index contributed by atoms with van der Waals surface area (Å²) < 4.78 is 5.45. The van der Waals surface area contributed by atoms with Gasteiger partial charge >= 0.3 is 0 Å². The van der Waals surface area contributed by atoms with E-state index in [1.54, 1.807) is 0 Å². The van der Waals surface area contributed by atoms with Gasteiger partial charge in [-0.25, -0.2) is 0 Å². The molecule has 3 N–H and O–H groups in total. The zero-order chi connectivity index (χ0) is 15.3. The molecule has 5 atom stereocenters. The standard InChI is InChI=1S/C19H27NO2/c1-19-9-8-15-14-5-3-13(22-11-20)10-12(14)2-4-16(15)17(19)6-7-18(19)21/h3,5,10,15-18,21H,2,4,6-9,11,20H2,1H3. The zero-order valence-electron chi connectivity index (χ0n) is 13.4. The molecule has 3 nitrogen and oxygen atoms in total. The number of fused-ring (bicyclic) bond motifs is 5. The molecule has 4 rings (SSSR count). The molecule has 3 aliphatic rings. The molecule has 0 spiro atoms. The molecule has 2 fully saturated rings. The molecule has 0 bridgehead atoms. The number of hydrogen-bond donors (Lipinski definition) is 2. The predicted molar refractivity (Wildman–Crippen MR) is 86.7 cm³/mol. The van der Waals surface area contributed by atoms with Gasteiger partial charge in [0.25, 0.3) is 0 Å². The first-order valence-electron chi connectivity index (χ1n) is 8.77. The smallest absolute Gasteiger partial charge is 0.137 e. The van der Waals surface area contributed by atoms with Gasteiger partial charge in [-0.1, -0.05) is 13.0 Å². The van der Waals surface area contributed by atoms with Crippen LogP contribution in [0.25, 0.3) is 0 Å². The van der Waals surface area contributed by atoms with Gasteiger partial charge < -0.3 is 9.84 Å². The molecule has 1 aromatic carbocycles. The third-order valence-corrected chi connectivity index (χ3v) is 6.90. The minimum absolute atomic E-state index is 0.0832. The van der Waals surface area contributed by atoms with Crippen LogP contribution in [0.5, 0.6) is 5.75 Å². The van der Waals surface area contributed by atoms with E-state index in [2.05, 4.69) is 25.1 Å². The first-order valence-corrected chi connectivity index (χ1v) is 8.77. The summed E-state index contributed by atoms with van der Waals surface area (Å²) in [6.07, 6.45) is 6.92. The Kier molecular flexibility index (Phi) is 3.46. The monoisotopic (exact) mass is 301 g/mol. The zero-order valence-corrected chi connectivity index (χ0v) is 13.4. The quantitative estimate of drug-likeness (QED) is 0.825. The van der Waals surface area contributed by atoms with Crippen molar-refractivity contribution in [1.29, 1.82) is 0 Å². The number of nitrogens with two attached hydrogens (primary N) is 1. The molecule has 0 saturated heterocycles. The highest BCUT2D eigenvalue weighted by Crippen LogP contribution is 2.60. The van der Waals surface area contributed by atoms with Gasteiger partial charge in [-0.2, -0.15) is 0 Å². The van der Waals surface area contributed by atoms with Crippen molar-refractivity contribution < 1.29 is 9.84 Å². The minimum Gasteiger partial charge on any atom is -0.479 e. The van der Waals surface area contributed by atoms with Crippen LogP contribution < -0.4 is 10.5 Å². The average molecular weight is 301 g/mol. The van der Waals surface area contributed by atoms with Gasteiger partial charge in [-0.05, 0) is 85.0 Å². The number of aliphatic hydroxyl groups is 1. The van der Waals surface area contributed by atoms with Crippen molar-refractivity contribution in [3.8, 4) is 5.75 Å². The summed E-state index contributed by atoms with van der Waals surface area (Å²) in [6, 6.07) is 6.53. The van der Waals surface area contributed by atoms with Crippen molar-refractivity contribution in [2.45, 2.75) is 57.5 Å². The lowest BCUT2D eigenvalue weighted by molar-refractivity contribution is -0.0226. The lowest BCUT2D eigenvalue weighted by atomic mass is 9.55. The first kappa shape index (κ1) is 14.5. The van der Waals surface area contributed by atoms with Gasteiger partial charge in [-0.15, -0.1) is 0 Å². The number of aliphatic hydroxyl groups excluding tert-OH is 1. The Bertz CT molecular complexity index is 573. The molecular weight excluding hydrogens is 274 g/mol. The summed E-state index contributed by atoms with van der Waals surface area (Å²) in [6.45, 7) is 2.57. The molecule has 3 heteroatoms. The van der Waals surface area contributed by atoms with E-state index in [4.69, 9.17) is 10.5 Å². The van der Waals surface area contributed by atoms with Crippen LogP contribution in [-0.2, 0) is 6.42 Å². The predicted octanol–water partition coefficient (Wildman–Crippen LogP) is 3.20. The Morgan fingerprint density at radius 2 is 2.14 bits per heavy atom. The van der Waals surface area contributed by atoms with Crippen LogP contribution in [0.4, 0.5) is 0 Å². The molecule has 0 amide bonds. The molecule has 2 saturated carbocycles. The molecule has 0 radical (unpaired) electrons.